The minimum atomic E-state index is -0.436. The van der Waals surface area contributed by atoms with E-state index in [0.29, 0.717) is 27.6 Å². The molecule has 1 amide bonds. The fourth-order valence-corrected chi connectivity index (χ4v) is 7.04. The molecule has 2 aromatic heterocycles. The Morgan fingerprint density at radius 3 is 2.27 bits per heavy atom. The fraction of sp³-hybridized carbons (Fsp3) is 0.200. The average Bonchev–Trinajstić information content (AvgIpc) is 3.62. The van der Waals surface area contributed by atoms with Crippen LogP contribution in [0.25, 0.3) is 20.3 Å². The van der Waals surface area contributed by atoms with Crippen LogP contribution in [0.3, 0.4) is 0 Å². The number of para-hydroxylation sites is 1. The number of hydrogen-bond acceptors (Lipinski definition) is 9. The number of nitrogens with zero attached hydrogens (tertiary/aromatic N) is 5. The summed E-state index contributed by atoms with van der Waals surface area (Å²) in [4.78, 5) is 20.1. The minimum absolute atomic E-state index is 0.114. The van der Waals surface area contributed by atoms with Crippen LogP contribution in [-0.2, 0) is 6.42 Å². The number of anilines is 1. The minimum Gasteiger partial charge on any atom is -0.505 e. The number of phenols is 1. The molecule has 0 saturated heterocycles. The van der Waals surface area contributed by atoms with Gasteiger partial charge in [-0.1, -0.05) is 86.4 Å². The van der Waals surface area contributed by atoms with E-state index in [1.807, 2.05) is 42.5 Å². The van der Waals surface area contributed by atoms with Gasteiger partial charge in [-0.05, 0) is 66.8 Å². The van der Waals surface area contributed by atoms with Crippen molar-refractivity contribution in [3.05, 3.63) is 101 Å². The molecule has 6 aromatic rings. The lowest BCUT2D eigenvalue weighted by Crippen LogP contribution is -2.12. The molecule has 4 aromatic carbocycles. The van der Waals surface area contributed by atoms with Crippen LogP contribution in [0.4, 0.5) is 27.9 Å². The standard InChI is InChI=1S/C35H32N6O2S2/c1-2-3-4-5-9-15-27-22-30-34(44-27)37-35(45-30)41-39-26-19-17-25(18-20-26)38-40-31-28-16-11-10-12-23(28)21-29(32(31)42)33(43)36-24-13-7-6-8-14-24/h6-8,10-14,16-22,42H,2-5,9,15H2,1H3,(H,36,43). The van der Waals surface area contributed by atoms with Gasteiger partial charge in [-0.15, -0.1) is 26.7 Å². The number of azo groups is 2. The zero-order valence-electron chi connectivity index (χ0n) is 24.8. The number of unbranched alkanes of at least 4 members (excludes halogenated alkanes) is 4. The molecule has 0 radical (unpaired) electrons. The smallest absolute Gasteiger partial charge is 0.259 e. The number of rotatable bonds is 12. The Labute approximate surface area is 269 Å². The molecule has 0 bridgehead atoms. The number of phenolic OH excluding ortho intramolecular Hbond substituents is 1. The summed E-state index contributed by atoms with van der Waals surface area (Å²) in [6, 6.07) is 27.6. The van der Waals surface area contributed by atoms with Gasteiger partial charge in [0.15, 0.2) is 5.75 Å². The average molecular weight is 633 g/mol. The zero-order chi connectivity index (χ0) is 31.0. The first-order valence-corrected chi connectivity index (χ1v) is 16.6. The molecule has 8 nitrogen and oxygen atoms in total. The normalized spacial score (nSPS) is 11.8. The number of hydrogen-bond donors (Lipinski definition) is 2. The van der Waals surface area contributed by atoms with E-state index in [1.54, 1.807) is 65.1 Å². The molecule has 226 valence electrons. The first-order valence-electron chi connectivity index (χ1n) is 15.0. The van der Waals surface area contributed by atoms with Crippen LogP contribution in [0.1, 0.15) is 54.3 Å². The molecule has 0 aliphatic rings. The molecule has 2 N–H and O–H groups in total. The second kappa shape index (κ2) is 14.3. The second-order valence-electron chi connectivity index (χ2n) is 10.6. The largest absolute Gasteiger partial charge is 0.505 e. The number of carbonyl (C=O) groups excluding carboxylic acids is 1. The van der Waals surface area contributed by atoms with Crippen LogP contribution in [-0.4, -0.2) is 16.0 Å². The van der Waals surface area contributed by atoms with Crippen molar-refractivity contribution in [2.75, 3.05) is 5.32 Å². The first-order chi connectivity index (χ1) is 22.1. The van der Waals surface area contributed by atoms with Crippen molar-refractivity contribution >= 4 is 76.8 Å². The molecule has 2 heterocycles. The zero-order valence-corrected chi connectivity index (χ0v) is 26.4. The van der Waals surface area contributed by atoms with E-state index in [0.717, 1.165) is 21.3 Å². The fourth-order valence-electron chi connectivity index (χ4n) is 4.95. The maximum atomic E-state index is 13.1. The molecule has 0 aliphatic heterocycles. The highest BCUT2D eigenvalue weighted by Crippen LogP contribution is 2.40. The number of benzene rings is 4. The highest BCUT2D eigenvalue weighted by molar-refractivity contribution is 7.28. The third-order valence-electron chi connectivity index (χ3n) is 7.29. The van der Waals surface area contributed by atoms with E-state index in [4.69, 9.17) is 0 Å². The van der Waals surface area contributed by atoms with Gasteiger partial charge in [0.25, 0.3) is 5.91 Å². The topological polar surface area (TPSA) is 112 Å². The van der Waals surface area contributed by atoms with Crippen molar-refractivity contribution < 1.29 is 9.90 Å². The maximum Gasteiger partial charge on any atom is 0.259 e. The number of thiophene rings is 1. The van der Waals surface area contributed by atoms with Gasteiger partial charge in [-0.2, -0.15) is 5.11 Å². The quantitative estimate of drug-likeness (QED) is 0.103. The summed E-state index contributed by atoms with van der Waals surface area (Å²) in [5.74, 6) is -0.673. The number of aromatic hydroxyl groups is 1. The van der Waals surface area contributed by atoms with E-state index in [-0.39, 0.29) is 17.0 Å². The highest BCUT2D eigenvalue weighted by atomic mass is 32.1. The molecule has 10 heteroatoms. The third-order valence-corrected chi connectivity index (χ3v) is 9.40. The molecular weight excluding hydrogens is 601 g/mol. The van der Waals surface area contributed by atoms with Crippen molar-refractivity contribution in [3.63, 3.8) is 0 Å². The number of aryl methyl sites for hydroxylation is 1. The summed E-state index contributed by atoms with van der Waals surface area (Å²) in [5.41, 5.74) is 2.19. The molecule has 6 rings (SSSR count). The Kier molecular flexibility index (Phi) is 9.62. The number of thiazole rings is 1. The van der Waals surface area contributed by atoms with Crippen LogP contribution in [0, 0.1) is 0 Å². The molecule has 0 aliphatic carbocycles. The van der Waals surface area contributed by atoms with Crippen LogP contribution in [0.5, 0.6) is 5.75 Å². The predicted octanol–water partition coefficient (Wildman–Crippen LogP) is 11.8. The molecule has 0 spiro atoms. The molecule has 0 unspecified atom stereocenters. The van der Waals surface area contributed by atoms with Crippen molar-refractivity contribution in [3.8, 4) is 5.75 Å². The van der Waals surface area contributed by atoms with Gasteiger partial charge in [-0.25, -0.2) is 4.98 Å². The summed E-state index contributed by atoms with van der Waals surface area (Å²) in [7, 11) is 0. The van der Waals surface area contributed by atoms with Crippen LogP contribution < -0.4 is 5.32 Å². The van der Waals surface area contributed by atoms with Gasteiger partial charge in [-0.3, -0.25) is 4.79 Å². The number of carbonyl (C=O) groups is 1. The summed E-state index contributed by atoms with van der Waals surface area (Å²) >= 11 is 3.30. The number of fused-ring (bicyclic) bond motifs is 2. The van der Waals surface area contributed by atoms with Crippen molar-refractivity contribution in [1.29, 1.82) is 0 Å². The number of nitrogens with one attached hydrogen (secondary N) is 1. The van der Waals surface area contributed by atoms with Crippen molar-refractivity contribution in [2.45, 2.75) is 45.4 Å². The Hall–Kier alpha value is -4.80. The van der Waals surface area contributed by atoms with E-state index >= 15 is 0 Å². The Morgan fingerprint density at radius 1 is 0.800 bits per heavy atom. The van der Waals surface area contributed by atoms with Gasteiger partial charge < -0.3 is 10.4 Å². The van der Waals surface area contributed by atoms with E-state index in [9.17, 15) is 9.90 Å². The predicted molar refractivity (Wildman–Crippen MR) is 185 cm³/mol. The van der Waals surface area contributed by atoms with Crippen LogP contribution >= 0.6 is 22.7 Å². The maximum absolute atomic E-state index is 13.1. The monoisotopic (exact) mass is 632 g/mol. The summed E-state index contributed by atoms with van der Waals surface area (Å²) in [6.45, 7) is 2.24. The molecular formula is C35H32N6O2S2. The summed E-state index contributed by atoms with van der Waals surface area (Å²) in [6.07, 6.45) is 7.52. The van der Waals surface area contributed by atoms with Gasteiger partial charge >= 0.3 is 0 Å². The second-order valence-corrected chi connectivity index (χ2v) is 12.7. The molecule has 0 atom stereocenters. The van der Waals surface area contributed by atoms with Gasteiger partial charge in [0.1, 0.15) is 10.5 Å². The Balaban J connectivity index is 1.14. The van der Waals surface area contributed by atoms with E-state index in [2.05, 4.69) is 43.7 Å². The van der Waals surface area contributed by atoms with Crippen molar-refractivity contribution in [2.24, 2.45) is 20.5 Å². The van der Waals surface area contributed by atoms with Gasteiger partial charge in [0.05, 0.1) is 21.6 Å². The lowest BCUT2D eigenvalue weighted by Gasteiger charge is -2.11. The van der Waals surface area contributed by atoms with Crippen LogP contribution in [0.15, 0.2) is 111 Å². The van der Waals surface area contributed by atoms with E-state index in [1.165, 1.54) is 37.0 Å². The third kappa shape index (κ3) is 7.47. The lowest BCUT2D eigenvalue weighted by atomic mass is 10.0. The summed E-state index contributed by atoms with van der Waals surface area (Å²) in [5, 5.41) is 33.4. The molecule has 0 fully saturated rings. The summed E-state index contributed by atoms with van der Waals surface area (Å²) < 4.78 is 1.16. The Morgan fingerprint density at radius 2 is 1.51 bits per heavy atom. The number of aromatic nitrogens is 1. The number of amides is 1. The van der Waals surface area contributed by atoms with Crippen LogP contribution in [0.2, 0.25) is 0 Å². The SMILES string of the molecule is CCCCCCCc1cc2sc(N=Nc3ccc(N=Nc4c(O)c(C(=O)Nc5ccccc5)cc5ccccc45)cc3)nc2s1. The van der Waals surface area contributed by atoms with Gasteiger partial charge in [0, 0.05) is 16.0 Å². The molecule has 0 saturated carbocycles. The molecule has 45 heavy (non-hydrogen) atoms. The Bertz CT molecular complexity index is 1950. The first kappa shape index (κ1) is 30.2. The van der Waals surface area contributed by atoms with Crippen molar-refractivity contribution in [1.82, 2.24) is 4.98 Å². The van der Waals surface area contributed by atoms with Gasteiger partial charge in [0.2, 0.25) is 5.13 Å². The highest BCUT2D eigenvalue weighted by Gasteiger charge is 2.18. The lowest BCUT2D eigenvalue weighted by molar-refractivity contribution is 0.102. The van der Waals surface area contributed by atoms with E-state index < -0.39 is 5.91 Å².